The lowest BCUT2D eigenvalue weighted by Crippen LogP contribution is -2.48. The molecule has 2 aliphatic rings. The maximum atomic E-state index is 5.19. The Kier molecular flexibility index (Phi) is 3.42. The minimum Gasteiger partial charge on any atom is -0.378 e. The zero-order valence-corrected chi connectivity index (χ0v) is 9.33. The van der Waals surface area contributed by atoms with E-state index in [0.29, 0.717) is 6.04 Å². The summed E-state index contributed by atoms with van der Waals surface area (Å²) in [6.07, 6.45) is 2.65. The number of hydrogen-bond acceptors (Lipinski definition) is 3. The van der Waals surface area contributed by atoms with Crippen molar-refractivity contribution in [3.05, 3.63) is 0 Å². The van der Waals surface area contributed by atoms with Crippen LogP contribution in [0.1, 0.15) is 19.8 Å². The van der Waals surface area contributed by atoms with Gasteiger partial charge in [-0.15, -0.1) is 0 Å². The number of nitrogens with one attached hydrogen (secondary N) is 1. The molecule has 0 aromatic heterocycles. The van der Waals surface area contributed by atoms with Crippen LogP contribution in [0.4, 0.5) is 0 Å². The minimum absolute atomic E-state index is 0.689. The Bertz CT molecular complexity index is 180. The van der Waals surface area contributed by atoms with Crippen molar-refractivity contribution in [1.82, 2.24) is 10.2 Å². The summed E-state index contributed by atoms with van der Waals surface area (Å²) in [6.45, 7) is 6.62. The molecule has 2 rings (SSSR count). The fourth-order valence-corrected chi connectivity index (χ4v) is 2.26. The molecular formula is C11H22N2O. The molecule has 2 fully saturated rings. The third-order valence-corrected chi connectivity index (χ3v) is 3.52. The van der Waals surface area contributed by atoms with Crippen molar-refractivity contribution in [3.8, 4) is 0 Å². The lowest BCUT2D eigenvalue weighted by Gasteiger charge is -2.35. The van der Waals surface area contributed by atoms with Gasteiger partial charge in [0.05, 0.1) is 19.3 Å². The van der Waals surface area contributed by atoms with Crippen LogP contribution in [0.15, 0.2) is 0 Å². The van der Waals surface area contributed by atoms with Gasteiger partial charge in [-0.1, -0.05) is 6.92 Å². The molecule has 2 unspecified atom stereocenters. The first-order chi connectivity index (χ1) is 6.75. The average Bonchev–Trinajstić information content (AvgIpc) is 2.45. The third kappa shape index (κ3) is 2.47. The Labute approximate surface area is 86.8 Å². The Hall–Kier alpha value is -0.120. The summed E-state index contributed by atoms with van der Waals surface area (Å²) in [5, 5.41) is 3.58. The number of hydrogen-bond donors (Lipinski definition) is 1. The quantitative estimate of drug-likeness (QED) is 0.720. The number of ether oxygens (including phenoxy) is 1. The lowest BCUT2D eigenvalue weighted by atomic mass is 10.1. The molecule has 2 heterocycles. The summed E-state index contributed by atoms with van der Waals surface area (Å²) in [5.74, 6) is 0.873. The van der Waals surface area contributed by atoms with Gasteiger partial charge >= 0.3 is 0 Å². The predicted molar refractivity (Wildman–Crippen MR) is 57.4 cm³/mol. The predicted octanol–water partition coefficient (Wildman–Crippen LogP) is 0.705. The smallest absolute Gasteiger partial charge is 0.0645 e. The first-order valence-corrected chi connectivity index (χ1v) is 5.77. The molecule has 0 bridgehead atoms. The van der Waals surface area contributed by atoms with E-state index in [-0.39, 0.29) is 0 Å². The highest BCUT2D eigenvalue weighted by Crippen LogP contribution is 2.16. The van der Waals surface area contributed by atoms with Crippen LogP contribution < -0.4 is 5.32 Å². The molecule has 1 N–H and O–H groups in total. The summed E-state index contributed by atoms with van der Waals surface area (Å²) in [6, 6.07) is 1.45. The Morgan fingerprint density at radius 3 is 2.71 bits per heavy atom. The highest BCUT2D eigenvalue weighted by atomic mass is 16.5. The van der Waals surface area contributed by atoms with Gasteiger partial charge in [-0.25, -0.2) is 0 Å². The van der Waals surface area contributed by atoms with Crippen LogP contribution in [0.5, 0.6) is 0 Å². The highest BCUT2D eigenvalue weighted by Gasteiger charge is 2.25. The minimum atomic E-state index is 0.689. The Morgan fingerprint density at radius 1 is 1.43 bits per heavy atom. The van der Waals surface area contributed by atoms with Crippen molar-refractivity contribution in [2.24, 2.45) is 5.92 Å². The second kappa shape index (κ2) is 4.60. The van der Waals surface area contributed by atoms with Gasteiger partial charge in [0.15, 0.2) is 0 Å². The van der Waals surface area contributed by atoms with E-state index in [1.165, 1.54) is 25.9 Å². The normalized spacial score (nSPS) is 33.6. The molecule has 0 saturated carbocycles. The van der Waals surface area contributed by atoms with E-state index in [0.717, 1.165) is 25.2 Å². The van der Waals surface area contributed by atoms with Gasteiger partial charge in [-0.3, -0.25) is 4.90 Å². The molecule has 0 aromatic carbocycles. The maximum absolute atomic E-state index is 5.19. The van der Waals surface area contributed by atoms with Crippen molar-refractivity contribution in [3.63, 3.8) is 0 Å². The van der Waals surface area contributed by atoms with E-state index in [4.69, 9.17) is 4.74 Å². The molecule has 14 heavy (non-hydrogen) atoms. The van der Waals surface area contributed by atoms with Crippen molar-refractivity contribution < 1.29 is 4.74 Å². The van der Waals surface area contributed by atoms with Gasteiger partial charge in [-0.2, -0.15) is 0 Å². The summed E-state index contributed by atoms with van der Waals surface area (Å²) < 4.78 is 5.19. The van der Waals surface area contributed by atoms with Crippen LogP contribution in [0, 0.1) is 5.92 Å². The van der Waals surface area contributed by atoms with Gasteiger partial charge in [0.25, 0.3) is 0 Å². The van der Waals surface area contributed by atoms with E-state index < -0.39 is 0 Å². The van der Waals surface area contributed by atoms with Crippen molar-refractivity contribution >= 4 is 0 Å². The van der Waals surface area contributed by atoms with Gasteiger partial charge in [0.1, 0.15) is 0 Å². The number of nitrogens with zero attached hydrogens (tertiary/aromatic N) is 1. The second-order valence-corrected chi connectivity index (χ2v) is 4.91. The van der Waals surface area contributed by atoms with Crippen molar-refractivity contribution in [2.45, 2.75) is 31.8 Å². The molecule has 3 nitrogen and oxygen atoms in total. The fourth-order valence-electron chi connectivity index (χ4n) is 2.26. The number of rotatable bonds is 4. The summed E-state index contributed by atoms with van der Waals surface area (Å²) in [4.78, 5) is 2.44. The fraction of sp³-hybridized carbons (Fsp3) is 1.00. The van der Waals surface area contributed by atoms with E-state index in [9.17, 15) is 0 Å². The Balaban J connectivity index is 1.61. The first-order valence-electron chi connectivity index (χ1n) is 5.77. The van der Waals surface area contributed by atoms with Gasteiger partial charge in [-0.05, 0) is 38.9 Å². The molecule has 0 spiro atoms. The largest absolute Gasteiger partial charge is 0.378 e. The third-order valence-electron chi connectivity index (χ3n) is 3.52. The molecule has 0 amide bonds. The van der Waals surface area contributed by atoms with Crippen LogP contribution in [-0.4, -0.2) is 50.3 Å². The maximum Gasteiger partial charge on any atom is 0.0645 e. The van der Waals surface area contributed by atoms with Crippen molar-refractivity contribution in [2.75, 3.05) is 33.4 Å². The van der Waals surface area contributed by atoms with E-state index in [1.807, 2.05) is 0 Å². The zero-order chi connectivity index (χ0) is 9.97. The summed E-state index contributed by atoms with van der Waals surface area (Å²) >= 11 is 0. The van der Waals surface area contributed by atoms with Gasteiger partial charge < -0.3 is 10.1 Å². The van der Waals surface area contributed by atoms with Crippen LogP contribution in [0.25, 0.3) is 0 Å². The molecule has 3 heteroatoms. The van der Waals surface area contributed by atoms with E-state index in [1.54, 1.807) is 0 Å². The van der Waals surface area contributed by atoms with E-state index in [2.05, 4.69) is 24.2 Å². The van der Waals surface area contributed by atoms with Gasteiger partial charge in [0.2, 0.25) is 0 Å². The molecule has 82 valence electrons. The molecule has 2 aliphatic heterocycles. The van der Waals surface area contributed by atoms with E-state index >= 15 is 0 Å². The van der Waals surface area contributed by atoms with Crippen LogP contribution in [-0.2, 0) is 4.74 Å². The van der Waals surface area contributed by atoms with Crippen LogP contribution in [0.3, 0.4) is 0 Å². The second-order valence-electron chi connectivity index (χ2n) is 4.91. The van der Waals surface area contributed by atoms with Gasteiger partial charge in [0, 0.05) is 6.04 Å². The Morgan fingerprint density at radius 2 is 2.21 bits per heavy atom. The molecule has 0 aliphatic carbocycles. The SMILES string of the molecule is CC1CNC(CCN(C)C2COC2)C1. The average molecular weight is 198 g/mol. The van der Waals surface area contributed by atoms with Crippen LogP contribution >= 0.6 is 0 Å². The zero-order valence-electron chi connectivity index (χ0n) is 9.33. The number of likely N-dealkylation sites (N-methyl/N-ethyl adjacent to an activating group) is 1. The molecule has 2 saturated heterocycles. The van der Waals surface area contributed by atoms with Crippen LogP contribution in [0.2, 0.25) is 0 Å². The first kappa shape index (κ1) is 10.4. The topological polar surface area (TPSA) is 24.5 Å². The molecular weight excluding hydrogens is 176 g/mol. The lowest BCUT2D eigenvalue weighted by molar-refractivity contribution is -0.0565. The molecule has 0 aromatic rings. The van der Waals surface area contributed by atoms with Crippen molar-refractivity contribution in [1.29, 1.82) is 0 Å². The summed E-state index contributed by atoms with van der Waals surface area (Å²) in [5.41, 5.74) is 0. The monoisotopic (exact) mass is 198 g/mol. The summed E-state index contributed by atoms with van der Waals surface area (Å²) in [7, 11) is 2.21. The molecule has 2 atom stereocenters. The standard InChI is InChI=1S/C11H22N2O/c1-9-5-10(12-6-9)3-4-13(2)11-7-14-8-11/h9-12H,3-8H2,1-2H3. The molecule has 0 radical (unpaired) electrons. The highest BCUT2D eigenvalue weighted by molar-refractivity contribution is 4.81.